The Labute approximate surface area is 102 Å². The van der Waals surface area contributed by atoms with Gasteiger partial charge in [-0.2, -0.15) is 0 Å². The number of halogens is 1. The lowest BCUT2D eigenvalue weighted by atomic mass is 10.2. The SMILES string of the molecule is CCC(C)Sc1ccc(CNC)cc1Cl. The standard InChI is InChI=1S/C12H18ClNS/c1-4-9(2)15-12-6-5-10(8-14-3)7-11(12)13/h5-7,9,14H,4,8H2,1-3H3. The third-order valence-corrected chi connectivity index (χ3v) is 4.05. The molecule has 0 fully saturated rings. The van der Waals surface area contributed by atoms with E-state index in [0.717, 1.165) is 11.6 Å². The van der Waals surface area contributed by atoms with Gasteiger partial charge in [0.05, 0.1) is 5.02 Å². The highest BCUT2D eigenvalue weighted by Gasteiger charge is 2.06. The molecule has 0 aromatic heterocycles. The molecule has 0 bridgehead atoms. The molecule has 1 atom stereocenters. The minimum absolute atomic E-state index is 0.623. The molecule has 1 unspecified atom stereocenters. The van der Waals surface area contributed by atoms with Crippen LogP contribution >= 0.6 is 23.4 Å². The summed E-state index contributed by atoms with van der Waals surface area (Å²) < 4.78 is 0. The molecule has 0 heterocycles. The van der Waals surface area contributed by atoms with Gasteiger partial charge in [0, 0.05) is 16.7 Å². The molecule has 0 spiro atoms. The highest BCUT2D eigenvalue weighted by atomic mass is 35.5. The van der Waals surface area contributed by atoms with E-state index in [-0.39, 0.29) is 0 Å². The number of thioether (sulfide) groups is 1. The van der Waals surface area contributed by atoms with Crippen LogP contribution in [-0.2, 0) is 6.54 Å². The van der Waals surface area contributed by atoms with Gasteiger partial charge in [-0.15, -0.1) is 11.8 Å². The first kappa shape index (κ1) is 12.9. The average molecular weight is 244 g/mol. The highest BCUT2D eigenvalue weighted by Crippen LogP contribution is 2.32. The van der Waals surface area contributed by atoms with Crippen molar-refractivity contribution < 1.29 is 0 Å². The van der Waals surface area contributed by atoms with Crippen LogP contribution in [0.1, 0.15) is 25.8 Å². The lowest BCUT2D eigenvalue weighted by Gasteiger charge is -2.10. The summed E-state index contributed by atoms with van der Waals surface area (Å²) in [5.41, 5.74) is 1.23. The first-order chi connectivity index (χ1) is 7.17. The predicted octanol–water partition coefficient (Wildman–Crippen LogP) is 3.95. The zero-order valence-electron chi connectivity index (χ0n) is 9.51. The van der Waals surface area contributed by atoms with Crippen molar-refractivity contribution in [1.82, 2.24) is 5.32 Å². The summed E-state index contributed by atoms with van der Waals surface area (Å²) in [4.78, 5) is 1.19. The third kappa shape index (κ3) is 4.06. The fraction of sp³-hybridized carbons (Fsp3) is 0.500. The molecule has 1 N–H and O–H groups in total. The molecular formula is C12H18ClNS. The first-order valence-electron chi connectivity index (χ1n) is 5.27. The summed E-state index contributed by atoms with van der Waals surface area (Å²) in [6.07, 6.45) is 1.17. The maximum Gasteiger partial charge on any atom is 0.0545 e. The summed E-state index contributed by atoms with van der Waals surface area (Å²) in [6.45, 7) is 5.29. The summed E-state index contributed by atoms with van der Waals surface area (Å²) in [7, 11) is 1.94. The molecule has 84 valence electrons. The maximum atomic E-state index is 6.22. The molecule has 1 nitrogen and oxygen atoms in total. The Balaban J connectivity index is 2.74. The van der Waals surface area contributed by atoms with Crippen molar-refractivity contribution in [1.29, 1.82) is 0 Å². The Hall–Kier alpha value is -0.180. The van der Waals surface area contributed by atoms with Gasteiger partial charge in [0.25, 0.3) is 0 Å². The fourth-order valence-corrected chi connectivity index (χ4v) is 2.51. The number of hydrogen-bond donors (Lipinski definition) is 1. The fourth-order valence-electron chi connectivity index (χ4n) is 1.25. The smallest absolute Gasteiger partial charge is 0.0545 e. The van der Waals surface area contributed by atoms with Crippen LogP contribution in [0.2, 0.25) is 5.02 Å². The van der Waals surface area contributed by atoms with E-state index in [0.29, 0.717) is 5.25 Å². The molecule has 0 aliphatic carbocycles. The van der Waals surface area contributed by atoms with Crippen molar-refractivity contribution in [2.24, 2.45) is 0 Å². The van der Waals surface area contributed by atoms with E-state index in [1.165, 1.54) is 16.9 Å². The van der Waals surface area contributed by atoms with Crippen molar-refractivity contribution in [3.63, 3.8) is 0 Å². The summed E-state index contributed by atoms with van der Waals surface area (Å²) in [5.74, 6) is 0. The van der Waals surface area contributed by atoms with Crippen molar-refractivity contribution in [2.75, 3.05) is 7.05 Å². The molecule has 1 aromatic rings. The molecule has 1 aromatic carbocycles. The second-order valence-electron chi connectivity index (χ2n) is 3.63. The van der Waals surface area contributed by atoms with E-state index in [1.807, 2.05) is 24.9 Å². The maximum absolute atomic E-state index is 6.22. The van der Waals surface area contributed by atoms with Crippen LogP contribution < -0.4 is 5.32 Å². The van der Waals surface area contributed by atoms with Gasteiger partial charge in [-0.25, -0.2) is 0 Å². The molecule has 0 saturated carbocycles. The molecule has 0 amide bonds. The van der Waals surface area contributed by atoms with E-state index >= 15 is 0 Å². The van der Waals surface area contributed by atoms with Crippen molar-refractivity contribution in [2.45, 2.75) is 37.0 Å². The molecule has 0 saturated heterocycles. The Morgan fingerprint density at radius 1 is 1.47 bits per heavy atom. The summed E-state index contributed by atoms with van der Waals surface area (Å²) >= 11 is 8.06. The number of rotatable bonds is 5. The normalized spacial score (nSPS) is 12.8. The van der Waals surface area contributed by atoms with Crippen molar-refractivity contribution in [3.8, 4) is 0 Å². The zero-order valence-corrected chi connectivity index (χ0v) is 11.1. The number of nitrogens with one attached hydrogen (secondary N) is 1. The molecule has 15 heavy (non-hydrogen) atoms. The van der Waals surface area contributed by atoms with Gasteiger partial charge < -0.3 is 5.32 Å². The lowest BCUT2D eigenvalue weighted by molar-refractivity contribution is 0.817. The van der Waals surface area contributed by atoms with Crippen molar-refractivity contribution >= 4 is 23.4 Å². The average Bonchev–Trinajstić information content (AvgIpc) is 2.22. The van der Waals surface area contributed by atoms with E-state index in [2.05, 4.69) is 31.3 Å². The van der Waals surface area contributed by atoms with Crippen LogP contribution in [-0.4, -0.2) is 12.3 Å². The quantitative estimate of drug-likeness (QED) is 0.786. The second kappa shape index (κ2) is 6.41. The minimum Gasteiger partial charge on any atom is -0.316 e. The van der Waals surface area contributed by atoms with Crippen LogP contribution in [0.4, 0.5) is 0 Å². The van der Waals surface area contributed by atoms with Crippen LogP contribution in [0.15, 0.2) is 23.1 Å². The summed E-state index contributed by atoms with van der Waals surface area (Å²) in [6, 6.07) is 6.29. The largest absolute Gasteiger partial charge is 0.316 e. The van der Waals surface area contributed by atoms with E-state index in [9.17, 15) is 0 Å². The predicted molar refractivity (Wildman–Crippen MR) is 69.8 cm³/mol. The summed E-state index contributed by atoms with van der Waals surface area (Å²) in [5, 5.41) is 4.61. The van der Waals surface area contributed by atoms with E-state index in [4.69, 9.17) is 11.6 Å². The molecule has 0 aliphatic rings. The topological polar surface area (TPSA) is 12.0 Å². The monoisotopic (exact) mass is 243 g/mol. The third-order valence-electron chi connectivity index (χ3n) is 2.28. The van der Waals surface area contributed by atoms with E-state index < -0.39 is 0 Å². The van der Waals surface area contributed by atoms with Crippen LogP contribution in [0.3, 0.4) is 0 Å². The molecule has 0 aliphatic heterocycles. The lowest BCUT2D eigenvalue weighted by Crippen LogP contribution is -2.04. The van der Waals surface area contributed by atoms with Gasteiger partial charge in [-0.1, -0.05) is 31.5 Å². The zero-order chi connectivity index (χ0) is 11.3. The van der Waals surface area contributed by atoms with E-state index in [1.54, 1.807) is 0 Å². The Morgan fingerprint density at radius 3 is 2.73 bits per heavy atom. The van der Waals surface area contributed by atoms with Gasteiger partial charge in [-0.3, -0.25) is 0 Å². The Bertz CT molecular complexity index is 314. The van der Waals surface area contributed by atoms with Gasteiger partial charge in [0.2, 0.25) is 0 Å². The van der Waals surface area contributed by atoms with Gasteiger partial charge in [-0.05, 0) is 31.2 Å². The number of hydrogen-bond acceptors (Lipinski definition) is 2. The van der Waals surface area contributed by atoms with Crippen LogP contribution in [0.25, 0.3) is 0 Å². The number of benzene rings is 1. The van der Waals surface area contributed by atoms with Gasteiger partial charge >= 0.3 is 0 Å². The highest BCUT2D eigenvalue weighted by molar-refractivity contribution is 8.00. The Morgan fingerprint density at radius 2 is 2.20 bits per heavy atom. The molecule has 1 rings (SSSR count). The molecule has 0 radical (unpaired) electrons. The Kier molecular flexibility index (Phi) is 5.51. The van der Waals surface area contributed by atoms with Gasteiger partial charge in [0.1, 0.15) is 0 Å². The minimum atomic E-state index is 0.623. The molecular weight excluding hydrogens is 226 g/mol. The molecule has 3 heteroatoms. The van der Waals surface area contributed by atoms with Crippen LogP contribution in [0, 0.1) is 0 Å². The van der Waals surface area contributed by atoms with Crippen molar-refractivity contribution in [3.05, 3.63) is 28.8 Å². The van der Waals surface area contributed by atoms with Crippen LogP contribution in [0.5, 0.6) is 0 Å². The second-order valence-corrected chi connectivity index (χ2v) is 5.52. The van der Waals surface area contributed by atoms with Gasteiger partial charge in [0.15, 0.2) is 0 Å². The first-order valence-corrected chi connectivity index (χ1v) is 6.52.